The fourth-order valence-electron chi connectivity index (χ4n) is 2.82. The number of hydrogen-bond acceptors (Lipinski definition) is 2. The highest BCUT2D eigenvalue weighted by molar-refractivity contribution is 5.92. The Morgan fingerprint density at radius 3 is 2.67 bits per heavy atom. The Morgan fingerprint density at radius 2 is 1.89 bits per heavy atom. The first-order valence-electron chi connectivity index (χ1n) is 8.68. The molecule has 27 heavy (non-hydrogen) atoms. The molecule has 2 aromatic rings. The number of urea groups is 1. The van der Waals surface area contributed by atoms with E-state index in [1.807, 2.05) is 6.07 Å². The predicted octanol–water partition coefficient (Wildman–Crippen LogP) is 3.52. The largest absolute Gasteiger partial charge is 0.370 e. The molecule has 0 aliphatic carbocycles. The molecule has 0 bridgehead atoms. The number of guanidine groups is 1. The zero-order chi connectivity index (χ0) is 19.2. The second-order valence-electron chi connectivity index (χ2n) is 6.28. The van der Waals surface area contributed by atoms with Crippen LogP contribution in [0.4, 0.5) is 25.0 Å². The molecule has 1 fully saturated rings. The van der Waals surface area contributed by atoms with E-state index in [0.717, 1.165) is 49.7 Å². The summed E-state index contributed by atoms with van der Waals surface area (Å²) in [5, 5.41) is 5.41. The minimum absolute atomic E-state index is 0.0361. The number of halogens is 2. The maximum atomic E-state index is 13.6. The molecular weight excluding hydrogens is 352 g/mol. The van der Waals surface area contributed by atoms with Crippen molar-refractivity contribution in [2.24, 2.45) is 10.7 Å². The summed E-state index contributed by atoms with van der Waals surface area (Å²) in [6, 6.07) is 10.2. The number of carbonyl (C=O) groups excluding carboxylic acids is 1. The number of nitrogens with zero attached hydrogens (tertiary/aromatic N) is 2. The number of amides is 2. The van der Waals surface area contributed by atoms with E-state index >= 15 is 0 Å². The Hall–Kier alpha value is -3.16. The monoisotopic (exact) mass is 373 g/mol. The highest BCUT2D eigenvalue weighted by Crippen LogP contribution is 2.16. The maximum Gasteiger partial charge on any atom is 0.321 e. The molecule has 0 spiro atoms. The van der Waals surface area contributed by atoms with Gasteiger partial charge in [-0.3, -0.25) is 0 Å². The smallest absolute Gasteiger partial charge is 0.321 e. The van der Waals surface area contributed by atoms with Crippen LogP contribution in [0, 0.1) is 11.6 Å². The predicted molar refractivity (Wildman–Crippen MR) is 102 cm³/mol. The van der Waals surface area contributed by atoms with E-state index in [9.17, 15) is 13.6 Å². The van der Waals surface area contributed by atoms with Crippen LogP contribution in [0.3, 0.4) is 0 Å². The standard InChI is InChI=1S/C19H21F2N5O/c20-14-6-7-16(21)17(11-14)25-18(22)23-12-13-4-3-5-15(10-13)24-19(27)26-8-1-2-9-26/h3-7,10-11H,1-2,8-9,12H2,(H,24,27)(H3,22,23,25). The van der Waals surface area contributed by atoms with Gasteiger partial charge in [0.1, 0.15) is 11.6 Å². The van der Waals surface area contributed by atoms with Gasteiger partial charge in [0.05, 0.1) is 12.2 Å². The van der Waals surface area contributed by atoms with Crippen LogP contribution in [0.5, 0.6) is 0 Å². The van der Waals surface area contributed by atoms with Gasteiger partial charge in [-0.1, -0.05) is 12.1 Å². The molecule has 1 saturated heterocycles. The van der Waals surface area contributed by atoms with E-state index in [1.165, 1.54) is 0 Å². The molecule has 8 heteroatoms. The maximum absolute atomic E-state index is 13.6. The van der Waals surface area contributed by atoms with E-state index in [1.54, 1.807) is 23.1 Å². The summed E-state index contributed by atoms with van der Waals surface area (Å²) in [5.74, 6) is -1.24. The molecule has 2 amide bonds. The Bertz CT molecular complexity index is 850. The molecule has 0 unspecified atom stereocenters. The number of benzene rings is 2. The molecule has 0 radical (unpaired) electrons. The van der Waals surface area contributed by atoms with E-state index in [4.69, 9.17) is 5.73 Å². The minimum atomic E-state index is -0.624. The molecule has 2 aromatic carbocycles. The summed E-state index contributed by atoms with van der Waals surface area (Å²) in [6.07, 6.45) is 2.06. The third-order valence-corrected chi connectivity index (χ3v) is 4.19. The van der Waals surface area contributed by atoms with Crippen molar-refractivity contribution in [2.75, 3.05) is 23.7 Å². The zero-order valence-corrected chi connectivity index (χ0v) is 14.7. The van der Waals surface area contributed by atoms with Crippen molar-refractivity contribution in [3.8, 4) is 0 Å². The van der Waals surface area contributed by atoms with Crippen LogP contribution in [0.1, 0.15) is 18.4 Å². The van der Waals surface area contributed by atoms with Crippen LogP contribution in [0.15, 0.2) is 47.5 Å². The molecule has 3 rings (SSSR count). The van der Waals surface area contributed by atoms with Gasteiger partial charge in [0.15, 0.2) is 5.96 Å². The Labute approximate surface area is 156 Å². The summed E-state index contributed by atoms with van der Waals surface area (Å²) in [7, 11) is 0. The van der Waals surface area contributed by atoms with Crippen LogP contribution < -0.4 is 16.4 Å². The van der Waals surface area contributed by atoms with Crippen molar-refractivity contribution >= 4 is 23.4 Å². The average molecular weight is 373 g/mol. The average Bonchev–Trinajstić information content (AvgIpc) is 3.18. The molecule has 1 aliphatic rings. The van der Waals surface area contributed by atoms with Gasteiger partial charge >= 0.3 is 6.03 Å². The molecule has 1 aliphatic heterocycles. The number of rotatable bonds is 4. The lowest BCUT2D eigenvalue weighted by atomic mass is 10.2. The van der Waals surface area contributed by atoms with Crippen LogP contribution >= 0.6 is 0 Å². The summed E-state index contributed by atoms with van der Waals surface area (Å²) in [5.41, 5.74) is 7.15. The fourth-order valence-corrected chi connectivity index (χ4v) is 2.82. The molecular formula is C19H21F2N5O. The number of likely N-dealkylation sites (tertiary alicyclic amines) is 1. The topological polar surface area (TPSA) is 82.7 Å². The second-order valence-corrected chi connectivity index (χ2v) is 6.28. The molecule has 1 heterocycles. The number of aliphatic imine (C=N–C) groups is 1. The third-order valence-electron chi connectivity index (χ3n) is 4.19. The first kappa shape index (κ1) is 18.6. The van der Waals surface area contributed by atoms with Crippen molar-refractivity contribution in [3.63, 3.8) is 0 Å². The lowest BCUT2D eigenvalue weighted by molar-refractivity contribution is 0.222. The van der Waals surface area contributed by atoms with Crippen molar-refractivity contribution in [3.05, 3.63) is 59.7 Å². The molecule has 0 saturated carbocycles. The zero-order valence-electron chi connectivity index (χ0n) is 14.7. The lowest BCUT2D eigenvalue weighted by Crippen LogP contribution is -2.32. The number of carbonyl (C=O) groups is 1. The molecule has 0 aromatic heterocycles. The number of nitrogens with two attached hydrogens (primary N) is 1. The van der Waals surface area contributed by atoms with Crippen LogP contribution in [-0.4, -0.2) is 30.0 Å². The molecule has 142 valence electrons. The van der Waals surface area contributed by atoms with Gasteiger partial charge in [-0.15, -0.1) is 0 Å². The van der Waals surface area contributed by atoms with E-state index in [0.29, 0.717) is 5.69 Å². The van der Waals surface area contributed by atoms with Crippen molar-refractivity contribution in [1.29, 1.82) is 0 Å². The van der Waals surface area contributed by atoms with Gasteiger partial charge in [0.25, 0.3) is 0 Å². The molecule has 6 nitrogen and oxygen atoms in total. The lowest BCUT2D eigenvalue weighted by Gasteiger charge is -2.16. The fraction of sp³-hybridized carbons (Fsp3) is 0.263. The second kappa shape index (κ2) is 8.48. The van der Waals surface area contributed by atoms with Crippen molar-refractivity contribution in [2.45, 2.75) is 19.4 Å². The Balaban J connectivity index is 1.60. The van der Waals surface area contributed by atoms with Gasteiger partial charge in [-0.2, -0.15) is 0 Å². The quantitative estimate of drug-likeness (QED) is 0.566. The van der Waals surface area contributed by atoms with E-state index in [-0.39, 0.29) is 24.2 Å². The van der Waals surface area contributed by atoms with Gasteiger partial charge in [-0.25, -0.2) is 18.6 Å². The van der Waals surface area contributed by atoms with Crippen LogP contribution in [0.25, 0.3) is 0 Å². The molecule has 0 atom stereocenters. The van der Waals surface area contributed by atoms with Gasteiger partial charge in [-0.05, 0) is 42.7 Å². The van der Waals surface area contributed by atoms with Crippen LogP contribution in [0.2, 0.25) is 0 Å². The SMILES string of the molecule is NC(=NCc1cccc(NC(=O)N2CCCC2)c1)Nc1cc(F)ccc1F. The third kappa shape index (κ3) is 5.16. The number of anilines is 2. The summed E-state index contributed by atoms with van der Waals surface area (Å²) in [4.78, 5) is 18.1. The van der Waals surface area contributed by atoms with E-state index < -0.39 is 11.6 Å². The first-order chi connectivity index (χ1) is 13.0. The molecule has 4 N–H and O–H groups in total. The number of hydrogen-bond donors (Lipinski definition) is 3. The normalized spacial score (nSPS) is 14.3. The minimum Gasteiger partial charge on any atom is -0.370 e. The highest BCUT2D eigenvalue weighted by Gasteiger charge is 2.17. The first-order valence-corrected chi connectivity index (χ1v) is 8.68. The van der Waals surface area contributed by atoms with Crippen molar-refractivity contribution < 1.29 is 13.6 Å². The summed E-state index contributed by atoms with van der Waals surface area (Å²) in [6.45, 7) is 1.77. The summed E-state index contributed by atoms with van der Waals surface area (Å²) >= 11 is 0. The van der Waals surface area contributed by atoms with Gasteiger partial charge in [0, 0.05) is 24.8 Å². The van der Waals surface area contributed by atoms with Crippen LogP contribution in [-0.2, 0) is 6.54 Å². The van der Waals surface area contributed by atoms with Crippen molar-refractivity contribution in [1.82, 2.24) is 4.90 Å². The van der Waals surface area contributed by atoms with Gasteiger partial charge in [0.2, 0.25) is 0 Å². The van der Waals surface area contributed by atoms with E-state index in [2.05, 4.69) is 15.6 Å². The van der Waals surface area contributed by atoms with Gasteiger partial charge < -0.3 is 21.3 Å². The Morgan fingerprint density at radius 1 is 1.11 bits per heavy atom. The summed E-state index contributed by atoms with van der Waals surface area (Å²) < 4.78 is 26.8. The highest BCUT2D eigenvalue weighted by atomic mass is 19.1. The Kier molecular flexibility index (Phi) is 5.85. The number of nitrogens with one attached hydrogen (secondary N) is 2.